The maximum Gasteiger partial charge on any atom is 0.328 e. The van der Waals surface area contributed by atoms with Gasteiger partial charge in [0.15, 0.2) is 0 Å². The Morgan fingerprint density at radius 3 is 2.11 bits per heavy atom. The maximum absolute atomic E-state index is 13.3. The summed E-state index contributed by atoms with van der Waals surface area (Å²) in [7, 11) is 1.25. The van der Waals surface area contributed by atoms with Crippen LogP contribution in [0.2, 0.25) is 0 Å². The molecule has 0 radical (unpaired) electrons. The van der Waals surface area contributed by atoms with E-state index < -0.39 is 41.8 Å². The van der Waals surface area contributed by atoms with Crippen molar-refractivity contribution in [1.29, 1.82) is 0 Å². The molecule has 0 unspecified atom stereocenters. The summed E-state index contributed by atoms with van der Waals surface area (Å²) in [5, 5.41) is 18.1. The molecule has 200 valence electrons. The smallest absolute Gasteiger partial charge is 0.328 e. The van der Waals surface area contributed by atoms with E-state index in [1.54, 1.807) is 26.0 Å². The molecule has 2 rings (SSSR count). The maximum atomic E-state index is 13.3. The van der Waals surface area contributed by atoms with Crippen molar-refractivity contribution in [3.05, 3.63) is 65.7 Å². The fraction of sp³-hybridized carbons (Fsp3) is 0.407. The van der Waals surface area contributed by atoms with Gasteiger partial charge in [0.05, 0.1) is 12.7 Å². The predicted molar refractivity (Wildman–Crippen MR) is 143 cm³/mol. The third-order valence-electron chi connectivity index (χ3n) is 5.71. The lowest BCUT2D eigenvalue weighted by atomic mass is 10.00. The normalized spacial score (nSPS) is 13.2. The Bertz CT molecular complexity index is 1060. The second-order valence-electron chi connectivity index (χ2n) is 8.83. The lowest BCUT2D eigenvalue weighted by Gasteiger charge is -2.26. The zero-order chi connectivity index (χ0) is 27.4. The van der Waals surface area contributed by atoms with E-state index in [9.17, 15) is 24.3 Å². The molecule has 4 N–H and O–H groups in total. The van der Waals surface area contributed by atoms with E-state index in [1.807, 2.05) is 36.6 Å². The molecule has 0 saturated heterocycles. The van der Waals surface area contributed by atoms with E-state index in [-0.39, 0.29) is 23.7 Å². The first-order chi connectivity index (χ1) is 17.7. The standard InChI is InChI=1S/C27H35N3O6S/c1-17(2)23(30-24(32)19-12-8-9-13-22(19)31)26(34)29-21(16-18-10-6-5-7-11-18)25(33)28-20(14-15-37-4)27(35)36-3/h5-13,17,20-21,23,31H,14-16H2,1-4H3,(H,28,33)(H,29,34)(H,30,32)/t20-,21-,23-/m0/s1. The summed E-state index contributed by atoms with van der Waals surface area (Å²) in [5.41, 5.74) is 0.843. The highest BCUT2D eigenvalue weighted by Gasteiger charge is 2.31. The molecule has 0 heterocycles. The first kappa shape index (κ1) is 29.7. The average molecular weight is 530 g/mol. The Kier molecular flexibility index (Phi) is 12.0. The molecule has 0 aliphatic heterocycles. The van der Waals surface area contributed by atoms with Crippen molar-refractivity contribution in [3.63, 3.8) is 0 Å². The number of para-hydroxylation sites is 1. The van der Waals surface area contributed by atoms with Crippen molar-refractivity contribution in [2.45, 2.75) is 44.8 Å². The van der Waals surface area contributed by atoms with E-state index in [0.29, 0.717) is 12.2 Å². The van der Waals surface area contributed by atoms with Gasteiger partial charge in [0.2, 0.25) is 11.8 Å². The van der Waals surface area contributed by atoms with Crippen LogP contribution in [0.3, 0.4) is 0 Å². The third-order valence-corrected chi connectivity index (χ3v) is 6.36. The van der Waals surface area contributed by atoms with E-state index in [1.165, 1.54) is 31.0 Å². The van der Waals surface area contributed by atoms with Gasteiger partial charge in [0.25, 0.3) is 5.91 Å². The van der Waals surface area contributed by atoms with Crippen LogP contribution in [0.25, 0.3) is 0 Å². The van der Waals surface area contributed by atoms with Crippen LogP contribution in [0.5, 0.6) is 5.75 Å². The first-order valence-corrected chi connectivity index (χ1v) is 13.4. The fourth-order valence-corrected chi connectivity index (χ4v) is 4.11. The Morgan fingerprint density at radius 1 is 0.892 bits per heavy atom. The number of nitrogens with one attached hydrogen (secondary N) is 3. The van der Waals surface area contributed by atoms with Crippen molar-refractivity contribution in [3.8, 4) is 5.75 Å². The number of benzene rings is 2. The Labute approximate surface area is 221 Å². The first-order valence-electron chi connectivity index (χ1n) is 12.0. The average Bonchev–Trinajstić information content (AvgIpc) is 2.89. The Balaban J connectivity index is 2.24. The second kappa shape index (κ2) is 14.9. The van der Waals surface area contributed by atoms with Crippen molar-refractivity contribution in [1.82, 2.24) is 16.0 Å². The molecule has 0 aliphatic carbocycles. The van der Waals surface area contributed by atoms with Gasteiger partial charge in [-0.1, -0.05) is 56.3 Å². The van der Waals surface area contributed by atoms with Crippen LogP contribution >= 0.6 is 11.8 Å². The van der Waals surface area contributed by atoms with Crippen molar-refractivity contribution >= 4 is 35.5 Å². The van der Waals surface area contributed by atoms with Crippen molar-refractivity contribution < 1.29 is 29.0 Å². The minimum absolute atomic E-state index is 0.0363. The number of carbonyl (C=O) groups is 4. The molecule has 10 heteroatoms. The zero-order valence-corrected chi connectivity index (χ0v) is 22.3. The molecule has 3 amide bonds. The number of ether oxygens (including phenoxy) is 1. The molecule has 0 aromatic heterocycles. The highest BCUT2D eigenvalue weighted by molar-refractivity contribution is 7.98. The van der Waals surface area contributed by atoms with Crippen molar-refractivity contribution in [2.75, 3.05) is 19.1 Å². The second-order valence-corrected chi connectivity index (χ2v) is 9.81. The minimum atomic E-state index is -1.01. The van der Waals surface area contributed by atoms with Crippen LogP contribution in [0, 0.1) is 5.92 Å². The van der Waals surface area contributed by atoms with Gasteiger partial charge in [-0.15, -0.1) is 0 Å². The number of thioether (sulfide) groups is 1. The molecule has 0 saturated carbocycles. The fourth-order valence-electron chi connectivity index (χ4n) is 3.64. The largest absolute Gasteiger partial charge is 0.507 e. The van der Waals surface area contributed by atoms with Crippen LogP contribution in [0.1, 0.15) is 36.2 Å². The number of esters is 1. The van der Waals surface area contributed by atoms with Gasteiger partial charge in [0.1, 0.15) is 23.9 Å². The van der Waals surface area contributed by atoms with Gasteiger partial charge in [-0.05, 0) is 42.0 Å². The summed E-state index contributed by atoms with van der Waals surface area (Å²) in [6.45, 7) is 3.52. The van der Waals surface area contributed by atoms with Crippen LogP contribution in [0.15, 0.2) is 54.6 Å². The molecule has 0 aliphatic rings. The quantitative estimate of drug-likeness (QED) is 0.293. The number of phenolic OH excluding ortho intramolecular Hbond substituents is 1. The monoisotopic (exact) mass is 529 g/mol. The SMILES string of the molecule is COC(=O)[C@H](CCSC)NC(=O)[C@H](Cc1ccccc1)NC(=O)[C@@H](NC(=O)c1ccccc1O)C(C)C. The van der Waals surface area contributed by atoms with E-state index in [2.05, 4.69) is 16.0 Å². The number of hydrogen-bond acceptors (Lipinski definition) is 7. The lowest BCUT2D eigenvalue weighted by molar-refractivity contribution is -0.145. The summed E-state index contributed by atoms with van der Waals surface area (Å²) >= 11 is 1.53. The van der Waals surface area contributed by atoms with Gasteiger partial charge >= 0.3 is 5.97 Å². The van der Waals surface area contributed by atoms with Gasteiger partial charge in [-0.25, -0.2) is 4.79 Å². The predicted octanol–water partition coefficient (Wildman–Crippen LogP) is 2.29. The lowest BCUT2D eigenvalue weighted by Crippen LogP contribution is -2.57. The van der Waals surface area contributed by atoms with Gasteiger partial charge in [-0.2, -0.15) is 11.8 Å². The highest BCUT2D eigenvalue weighted by Crippen LogP contribution is 2.16. The Morgan fingerprint density at radius 2 is 1.51 bits per heavy atom. The van der Waals surface area contributed by atoms with Crippen LogP contribution in [-0.2, 0) is 25.5 Å². The zero-order valence-electron chi connectivity index (χ0n) is 21.5. The molecular formula is C27H35N3O6S. The molecule has 3 atom stereocenters. The van der Waals surface area contributed by atoms with Crippen LogP contribution in [0.4, 0.5) is 0 Å². The number of aromatic hydroxyl groups is 1. The van der Waals surface area contributed by atoms with Crippen LogP contribution < -0.4 is 16.0 Å². The van der Waals surface area contributed by atoms with Crippen molar-refractivity contribution in [2.24, 2.45) is 5.92 Å². The molecule has 0 bridgehead atoms. The molecule has 9 nitrogen and oxygen atoms in total. The Hall–Kier alpha value is -3.53. The van der Waals surface area contributed by atoms with E-state index in [4.69, 9.17) is 4.74 Å². The number of amides is 3. The van der Waals surface area contributed by atoms with Gasteiger partial charge in [-0.3, -0.25) is 14.4 Å². The summed E-state index contributed by atoms with van der Waals surface area (Å²) in [6, 6.07) is 12.3. The van der Waals surface area contributed by atoms with Gasteiger partial charge < -0.3 is 25.8 Å². The molecular weight excluding hydrogens is 494 g/mol. The number of phenols is 1. The summed E-state index contributed by atoms with van der Waals surface area (Å²) < 4.78 is 4.84. The molecule has 2 aromatic carbocycles. The van der Waals surface area contributed by atoms with Crippen LogP contribution in [-0.4, -0.2) is 66.0 Å². The topological polar surface area (TPSA) is 134 Å². The number of carbonyl (C=O) groups excluding carboxylic acids is 4. The summed E-state index contributed by atoms with van der Waals surface area (Å²) in [6.07, 6.45) is 2.44. The highest BCUT2D eigenvalue weighted by atomic mass is 32.2. The number of rotatable bonds is 13. The molecule has 0 fully saturated rings. The summed E-state index contributed by atoms with van der Waals surface area (Å²) in [5.74, 6) is -2.18. The summed E-state index contributed by atoms with van der Waals surface area (Å²) in [4.78, 5) is 51.6. The molecule has 2 aromatic rings. The number of methoxy groups -OCH3 is 1. The van der Waals surface area contributed by atoms with E-state index in [0.717, 1.165) is 5.56 Å². The molecule has 0 spiro atoms. The molecule has 37 heavy (non-hydrogen) atoms. The number of hydrogen-bond donors (Lipinski definition) is 4. The van der Waals surface area contributed by atoms with E-state index >= 15 is 0 Å². The van der Waals surface area contributed by atoms with Gasteiger partial charge in [0, 0.05) is 6.42 Å². The third kappa shape index (κ3) is 9.13. The minimum Gasteiger partial charge on any atom is -0.507 e.